The van der Waals surface area contributed by atoms with Gasteiger partial charge in [-0.3, -0.25) is 9.10 Å². The van der Waals surface area contributed by atoms with Crippen LogP contribution in [0.3, 0.4) is 0 Å². The predicted molar refractivity (Wildman–Crippen MR) is 112 cm³/mol. The van der Waals surface area contributed by atoms with E-state index >= 15 is 0 Å². The lowest BCUT2D eigenvalue weighted by molar-refractivity contribution is -0.127. The highest BCUT2D eigenvalue weighted by atomic mass is 32.2. The maximum Gasteiger partial charge on any atom is 0.263 e. The Balaban J connectivity index is 1.59. The number of carbonyl (C=O) groups is 1. The summed E-state index contributed by atoms with van der Waals surface area (Å²) in [5, 5.41) is 2.75. The van der Waals surface area contributed by atoms with Gasteiger partial charge in [0, 0.05) is 0 Å². The molecule has 156 valence electrons. The Bertz CT molecular complexity index is 973. The quantitative estimate of drug-likeness (QED) is 0.698. The molecule has 7 nitrogen and oxygen atoms in total. The molecule has 1 heterocycles. The normalized spacial score (nSPS) is 16.0. The topological polar surface area (TPSA) is 84.9 Å². The van der Waals surface area contributed by atoms with Gasteiger partial charge in [0.15, 0.2) is 6.10 Å². The van der Waals surface area contributed by atoms with E-state index in [1.807, 2.05) is 37.3 Å². The van der Waals surface area contributed by atoms with Gasteiger partial charge in [-0.05, 0) is 48.7 Å². The van der Waals surface area contributed by atoms with E-state index in [1.54, 1.807) is 12.1 Å². The number of benzene rings is 2. The van der Waals surface area contributed by atoms with Crippen molar-refractivity contribution in [2.45, 2.75) is 26.4 Å². The largest absolute Gasteiger partial charge is 0.492 e. The number of nitrogens with one attached hydrogen (secondary N) is 1. The van der Waals surface area contributed by atoms with Gasteiger partial charge in [-0.2, -0.15) is 0 Å². The number of nitrogens with zero attached hydrogens (tertiary/aromatic N) is 1. The number of sulfonamides is 1. The number of fused-ring (bicyclic) bond motifs is 1. The zero-order chi connectivity index (χ0) is 21.0. The van der Waals surface area contributed by atoms with E-state index in [1.165, 1.54) is 9.87 Å². The van der Waals surface area contributed by atoms with Crippen molar-refractivity contribution < 1.29 is 22.7 Å². The molecular weight excluding hydrogens is 392 g/mol. The molecule has 3 rings (SSSR count). The minimum atomic E-state index is -3.54. The van der Waals surface area contributed by atoms with Gasteiger partial charge in [0.05, 0.1) is 25.0 Å². The van der Waals surface area contributed by atoms with E-state index in [4.69, 9.17) is 9.47 Å². The average Bonchev–Trinajstić information content (AvgIpc) is 2.69. The van der Waals surface area contributed by atoms with Crippen LogP contribution in [0.4, 0.5) is 5.69 Å². The molecule has 1 aliphatic rings. The fourth-order valence-electron chi connectivity index (χ4n) is 3.09. The van der Waals surface area contributed by atoms with Crippen molar-refractivity contribution in [1.29, 1.82) is 0 Å². The third kappa shape index (κ3) is 5.20. The summed E-state index contributed by atoms with van der Waals surface area (Å²) in [6.07, 6.45) is 1.15. The third-order valence-electron chi connectivity index (χ3n) is 4.68. The summed E-state index contributed by atoms with van der Waals surface area (Å²) in [6, 6.07) is 13.0. The minimum Gasteiger partial charge on any atom is -0.492 e. The summed E-state index contributed by atoms with van der Waals surface area (Å²) in [5.41, 5.74) is 2.59. The van der Waals surface area contributed by atoms with Gasteiger partial charge in [0.2, 0.25) is 10.0 Å². The molecule has 29 heavy (non-hydrogen) atoms. The molecule has 1 N–H and O–H groups in total. The number of anilines is 1. The van der Waals surface area contributed by atoms with E-state index in [9.17, 15) is 13.2 Å². The molecule has 0 aliphatic carbocycles. The molecule has 0 fully saturated rings. The van der Waals surface area contributed by atoms with Crippen LogP contribution in [0.25, 0.3) is 0 Å². The second-order valence-corrected chi connectivity index (χ2v) is 8.92. The smallest absolute Gasteiger partial charge is 0.263 e. The molecule has 0 saturated carbocycles. The Labute approximate surface area is 171 Å². The molecule has 0 radical (unpaired) electrons. The van der Waals surface area contributed by atoms with Crippen LogP contribution in [0, 0.1) is 6.92 Å². The SMILES string of the molecule is CCc1ccc(OCCNC(=O)[C@H]2CN(S(C)(=O)=O)c3ccc(C)cc3O2)cc1. The van der Waals surface area contributed by atoms with Gasteiger partial charge in [-0.25, -0.2) is 8.42 Å². The zero-order valence-corrected chi connectivity index (χ0v) is 17.7. The summed E-state index contributed by atoms with van der Waals surface area (Å²) in [7, 11) is -3.54. The summed E-state index contributed by atoms with van der Waals surface area (Å²) in [6.45, 7) is 4.48. The summed E-state index contributed by atoms with van der Waals surface area (Å²) in [4.78, 5) is 12.5. The van der Waals surface area contributed by atoms with Crippen molar-refractivity contribution in [3.05, 3.63) is 53.6 Å². The van der Waals surface area contributed by atoms with Crippen molar-refractivity contribution in [3.63, 3.8) is 0 Å². The number of rotatable bonds is 7. The van der Waals surface area contributed by atoms with Gasteiger partial charge in [0.25, 0.3) is 5.91 Å². The molecule has 1 amide bonds. The lowest BCUT2D eigenvalue weighted by Gasteiger charge is -2.34. The number of carbonyl (C=O) groups excluding carboxylic acids is 1. The second kappa shape index (κ2) is 8.73. The zero-order valence-electron chi connectivity index (χ0n) is 16.8. The van der Waals surface area contributed by atoms with Gasteiger partial charge in [0.1, 0.15) is 18.1 Å². The lowest BCUT2D eigenvalue weighted by Crippen LogP contribution is -2.51. The Hall–Kier alpha value is -2.74. The molecule has 0 unspecified atom stereocenters. The molecular formula is C21H26N2O5S. The number of amides is 1. The Morgan fingerprint density at radius 3 is 2.62 bits per heavy atom. The first kappa shape index (κ1) is 21.0. The van der Waals surface area contributed by atoms with E-state index in [0.717, 1.165) is 24.0 Å². The maximum atomic E-state index is 12.5. The molecule has 1 aliphatic heterocycles. The van der Waals surface area contributed by atoms with Crippen LogP contribution < -0.4 is 19.1 Å². The monoisotopic (exact) mass is 418 g/mol. The molecule has 8 heteroatoms. The van der Waals surface area contributed by atoms with E-state index < -0.39 is 16.1 Å². The van der Waals surface area contributed by atoms with Crippen LogP contribution in [-0.4, -0.2) is 46.4 Å². The van der Waals surface area contributed by atoms with Crippen molar-refractivity contribution in [2.75, 3.05) is 30.3 Å². The van der Waals surface area contributed by atoms with Crippen molar-refractivity contribution in [1.82, 2.24) is 5.32 Å². The van der Waals surface area contributed by atoms with E-state index in [-0.39, 0.29) is 19.0 Å². The first-order chi connectivity index (χ1) is 13.8. The first-order valence-corrected chi connectivity index (χ1v) is 11.4. The van der Waals surface area contributed by atoms with Crippen LogP contribution in [-0.2, 0) is 21.2 Å². The molecule has 0 bridgehead atoms. The predicted octanol–water partition coefficient (Wildman–Crippen LogP) is 2.28. The minimum absolute atomic E-state index is 0.0694. The first-order valence-electron chi connectivity index (χ1n) is 9.52. The summed E-state index contributed by atoms with van der Waals surface area (Å²) >= 11 is 0. The summed E-state index contributed by atoms with van der Waals surface area (Å²) < 4.78 is 37.0. The van der Waals surface area contributed by atoms with Gasteiger partial charge in [-0.15, -0.1) is 0 Å². The average molecular weight is 419 g/mol. The van der Waals surface area contributed by atoms with Crippen LogP contribution in [0.15, 0.2) is 42.5 Å². The standard InChI is InChI=1S/C21H26N2O5S/c1-4-16-6-8-17(9-7-16)27-12-11-22-21(24)20-14-23(29(3,25)26)18-10-5-15(2)13-19(18)28-20/h5-10,13,20H,4,11-12,14H2,1-3H3,(H,22,24)/t20-/m1/s1. The number of aryl methyl sites for hydroxylation is 2. The van der Waals surface area contributed by atoms with Crippen molar-refractivity contribution in [3.8, 4) is 11.5 Å². The van der Waals surface area contributed by atoms with Crippen LogP contribution >= 0.6 is 0 Å². The molecule has 1 atom stereocenters. The Kier molecular flexibility index (Phi) is 6.32. The summed E-state index contributed by atoms with van der Waals surface area (Å²) in [5.74, 6) is 0.739. The highest BCUT2D eigenvalue weighted by Crippen LogP contribution is 2.35. The Morgan fingerprint density at radius 2 is 1.97 bits per heavy atom. The van der Waals surface area contributed by atoms with E-state index in [0.29, 0.717) is 18.0 Å². The molecule has 0 spiro atoms. The van der Waals surface area contributed by atoms with Crippen LogP contribution in [0.2, 0.25) is 0 Å². The number of hydrogen-bond acceptors (Lipinski definition) is 5. The highest BCUT2D eigenvalue weighted by Gasteiger charge is 2.34. The number of ether oxygens (including phenoxy) is 2. The third-order valence-corrected chi connectivity index (χ3v) is 5.83. The van der Waals surface area contributed by atoms with Crippen molar-refractivity contribution in [2.24, 2.45) is 0 Å². The van der Waals surface area contributed by atoms with Crippen molar-refractivity contribution >= 4 is 21.6 Å². The fraction of sp³-hybridized carbons (Fsp3) is 0.381. The number of hydrogen-bond donors (Lipinski definition) is 1. The van der Waals surface area contributed by atoms with Crippen LogP contribution in [0.1, 0.15) is 18.1 Å². The molecule has 2 aromatic rings. The highest BCUT2D eigenvalue weighted by molar-refractivity contribution is 7.92. The fourth-order valence-corrected chi connectivity index (χ4v) is 4.00. The maximum absolute atomic E-state index is 12.5. The molecule has 2 aromatic carbocycles. The van der Waals surface area contributed by atoms with Gasteiger partial charge < -0.3 is 14.8 Å². The van der Waals surface area contributed by atoms with E-state index in [2.05, 4.69) is 12.2 Å². The van der Waals surface area contributed by atoms with Crippen LogP contribution in [0.5, 0.6) is 11.5 Å². The lowest BCUT2D eigenvalue weighted by atomic mass is 10.1. The molecule has 0 aromatic heterocycles. The second-order valence-electron chi connectivity index (χ2n) is 7.01. The van der Waals surface area contributed by atoms with Gasteiger partial charge in [-0.1, -0.05) is 25.1 Å². The van der Waals surface area contributed by atoms with Gasteiger partial charge >= 0.3 is 0 Å². The Morgan fingerprint density at radius 1 is 1.24 bits per heavy atom. The molecule has 0 saturated heterocycles.